The molecule has 0 saturated carbocycles. The van der Waals surface area contributed by atoms with Crippen molar-refractivity contribution in [2.45, 2.75) is 30.3 Å². The molecule has 1 fully saturated rings. The van der Waals surface area contributed by atoms with Gasteiger partial charge in [-0.3, -0.25) is 9.69 Å². The Kier molecular flexibility index (Phi) is 10.1. The van der Waals surface area contributed by atoms with E-state index in [-0.39, 0.29) is 32.0 Å². The summed E-state index contributed by atoms with van der Waals surface area (Å²) in [7, 11) is 1.35. The minimum atomic E-state index is -1.69. The number of amides is 4. The van der Waals surface area contributed by atoms with Crippen LogP contribution in [0.5, 0.6) is 0 Å². The average molecular weight is 583 g/mol. The van der Waals surface area contributed by atoms with E-state index in [1.54, 1.807) is 0 Å². The first-order chi connectivity index (χ1) is 20.3. The van der Waals surface area contributed by atoms with Crippen molar-refractivity contribution in [1.82, 2.24) is 20.9 Å². The highest BCUT2D eigenvalue weighted by molar-refractivity contribution is 5.79. The Hall–Kier alpha value is -4.46. The number of aldehydes is 1. The van der Waals surface area contributed by atoms with Crippen LogP contribution in [0.2, 0.25) is 0 Å². The van der Waals surface area contributed by atoms with Crippen molar-refractivity contribution in [2.75, 3.05) is 40.0 Å². The van der Waals surface area contributed by atoms with Gasteiger partial charge in [0.25, 0.3) is 0 Å². The largest absolute Gasteiger partial charge is 0.449 e. The molecule has 0 spiro atoms. The SMILES string of the molecule is CNC(=O)N(/C=C\C=O)[C@@]1(COC(=O)NCCNC(=O)OCC2c3ccccc3-c3ccccc32)C[C@H](O)[C@@H](CO)O1. The molecule has 13 heteroatoms. The maximum atomic E-state index is 12.5. The molecule has 0 radical (unpaired) electrons. The molecule has 1 aliphatic heterocycles. The monoisotopic (exact) mass is 582 g/mol. The lowest BCUT2D eigenvalue weighted by Gasteiger charge is -2.37. The van der Waals surface area contributed by atoms with Crippen LogP contribution in [-0.4, -0.2) is 97.5 Å². The summed E-state index contributed by atoms with van der Waals surface area (Å²) in [4.78, 5) is 49.1. The Morgan fingerprint density at radius 3 is 2.17 bits per heavy atom. The van der Waals surface area contributed by atoms with Crippen molar-refractivity contribution in [3.05, 3.63) is 71.9 Å². The summed E-state index contributed by atoms with van der Waals surface area (Å²) in [6.45, 7) is -0.870. The number of hydrogen-bond donors (Lipinski definition) is 5. The van der Waals surface area contributed by atoms with Crippen LogP contribution in [0.1, 0.15) is 23.5 Å². The molecule has 3 atom stereocenters. The fourth-order valence-electron chi connectivity index (χ4n) is 5.18. The quantitative estimate of drug-likeness (QED) is 0.149. The van der Waals surface area contributed by atoms with Gasteiger partial charge in [0.1, 0.15) is 25.6 Å². The third-order valence-electron chi connectivity index (χ3n) is 7.13. The zero-order valence-electron chi connectivity index (χ0n) is 23.0. The van der Waals surface area contributed by atoms with E-state index in [0.717, 1.165) is 39.4 Å². The number of rotatable bonds is 11. The first-order valence-electron chi connectivity index (χ1n) is 13.4. The molecular formula is C29H34N4O9. The average Bonchev–Trinajstić information content (AvgIpc) is 3.51. The number of aliphatic hydroxyl groups is 2. The molecule has 4 amide bonds. The van der Waals surface area contributed by atoms with Crippen molar-refractivity contribution >= 4 is 24.5 Å². The number of alkyl carbamates (subject to hydrolysis) is 2. The number of nitrogens with zero attached hydrogens (tertiary/aromatic N) is 1. The second-order valence-corrected chi connectivity index (χ2v) is 9.71. The highest BCUT2D eigenvalue weighted by atomic mass is 16.6. The van der Waals surface area contributed by atoms with E-state index in [1.165, 1.54) is 7.05 Å². The Morgan fingerprint density at radius 2 is 1.62 bits per heavy atom. The van der Waals surface area contributed by atoms with E-state index in [9.17, 15) is 29.4 Å². The van der Waals surface area contributed by atoms with E-state index in [4.69, 9.17) is 14.2 Å². The molecule has 2 aliphatic rings. The molecule has 0 aromatic heterocycles. The number of nitrogens with one attached hydrogen (secondary N) is 3. The molecule has 1 aliphatic carbocycles. The summed E-state index contributed by atoms with van der Waals surface area (Å²) in [5.41, 5.74) is 2.73. The van der Waals surface area contributed by atoms with Gasteiger partial charge in [-0.25, -0.2) is 14.4 Å². The molecule has 42 heavy (non-hydrogen) atoms. The Morgan fingerprint density at radius 1 is 1.02 bits per heavy atom. The third kappa shape index (κ3) is 6.70. The van der Waals surface area contributed by atoms with Crippen LogP contribution in [0.4, 0.5) is 14.4 Å². The van der Waals surface area contributed by atoms with Crippen molar-refractivity contribution in [3.8, 4) is 11.1 Å². The Bertz CT molecular complexity index is 1270. The molecule has 1 saturated heterocycles. The molecule has 0 unspecified atom stereocenters. The number of carbonyl (C=O) groups excluding carboxylic acids is 4. The predicted octanol–water partition coefficient (Wildman–Crippen LogP) is 1.44. The standard InChI is InChI=1S/C29H34N4O9/c1-30-26(37)33(13-6-14-34)29(15-24(36)25(16-35)42-29)18-41-28(39)32-12-11-31-27(38)40-17-23-21-9-4-2-7-19(21)20-8-3-5-10-22(20)23/h2-10,13-14,23-25,35-36H,11-12,15-18H2,1H3,(H,30,37)(H,31,38)(H,32,39)/b13-6-/t24-,25+,29-/m0/s1. The van der Waals surface area contributed by atoms with Crippen LogP contribution < -0.4 is 16.0 Å². The maximum Gasteiger partial charge on any atom is 0.407 e. The molecule has 224 valence electrons. The number of carbonyl (C=O) groups is 4. The van der Waals surface area contributed by atoms with Crippen LogP contribution in [-0.2, 0) is 19.0 Å². The Labute approximate surface area is 242 Å². The molecule has 2 aromatic rings. The van der Waals surface area contributed by atoms with Gasteiger partial charge in [-0.15, -0.1) is 0 Å². The highest BCUT2D eigenvalue weighted by Crippen LogP contribution is 2.44. The van der Waals surface area contributed by atoms with Gasteiger partial charge in [0.2, 0.25) is 0 Å². The van der Waals surface area contributed by atoms with Gasteiger partial charge in [-0.1, -0.05) is 48.5 Å². The lowest BCUT2D eigenvalue weighted by molar-refractivity contribution is -0.147. The summed E-state index contributed by atoms with van der Waals surface area (Å²) in [5, 5.41) is 27.3. The fraction of sp³-hybridized carbons (Fsp3) is 0.379. The third-order valence-corrected chi connectivity index (χ3v) is 7.13. The topological polar surface area (TPSA) is 176 Å². The van der Waals surface area contributed by atoms with E-state index < -0.39 is 49.4 Å². The minimum Gasteiger partial charge on any atom is -0.449 e. The summed E-state index contributed by atoms with van der Waals surface area (Å²) in [5.74, 6) is -0.0824. The highest BCUT2D eigenvalue weighted by Gasteiger charge is 2.52. The van der Waals surface area contributed by atoms with E-state index in [2.05, 4.69) is 16.0 Å². The molecule has 1 heterocycles. The zero-order chi connectivity index (χ0) is 30.1. The lowest BCUT2D eigenvalue weighted by atomic mass is 9.98. The van der Waals surface area contributed by atoms with Crippen molar-refractivity contribution in [3.63, 3.8) is 0 Å². The Balaban J connectivity index is 1.25. The summed E-state index contributed by atoms with van der Waals surface area (Å²) in [6.07, 6.45) is -1.34. The predicted molar refractivity (Wildman–Crippen MR) is 149 cm³/mol. The van der Waals surface area contributed by atoms with Gasteiger partial charge in [-0.05, 0) is 28.3 Å². The number of hydrogen-bond acceptors (Lipinski definition) is 9. The number of aliphatic hydroxyl groups excluding tert-OH is 2. The van der Waals surface area contributed by atoms with Crippen LogP contribution in [0.15, 0.2) is 60.8 Å². The van der Waals surface area contributed by atoms with E-state index >= 15 is 0 Å². The van der Waals surface area contributed by atoms with Gasteiger partial charge < -0.3 is 40.4 Å². The zero-order valence-corrected chi connectivity index (χ0v) is 23.0. The van der Waals surface area contributed by atoms with Crippen LogP contribution in [0.3, 0.4) is 0 Å². The van der Waals surface area contributed by atoms with Crippen LogP contribution in [0, 0.1) is 0 Å². The second kappa shape index (κ2) is 13.9. The molecule has 0 bridgehead atoms. The number of fused-ring (bicyclic) bond motifs is 3. The lowest BCUT2D eigenvalue weighted by Crippen LogP contribution is -2.55. The minimum absolute atomic E-state index is 0.00296. The van der Waals surface area contributed by atoms with Gasteiger partial charge in [0, 0.05) is 38.7 Å². The first-order valence-corrected chi connectivity index (χ1v) is 13.4. The molecule has 4 rings (SSSR count). The number of benzene rings is 2. The van der Waals surface area contributed by atoms with Gasteiger partial charge in [-0.2, -0.15) is 0 Å². The smallest absolute Gasteiger partial charge is 0.407 e. The first kappa shape index (κ1) is 30.5. The molecular weight excluding hydrogens is 548 g/mol. The number of ether oxygens (including phenoxy) is 3. The maximum absolute atomic E-state index is 12.5. The van der Waals surface area contributed by atoms with Gasteiger partial charge in [0.15, 0.2) is 5.72 Å². The second-order valence-electron chi connectivity index (χ2n) is 9.71. The van der Waals surface area contributed by atoms with Crippen LogP contribution >= 0.6 is 0 Å². The van der Waals surface area contributed by atoms with Gasteiger partial charge in [0.05, 0.1) is 12.7 Å². The molecule has 5 N–H and O–H groups in total. The molecule has 2 aromatic carbocycles. The van der Waals surface area contributed by atoms with Crippen molar-refractivity contribution < 1.29 is 43.6 Å². The normalized spacial score (nSPS) is 20.8. The van der Waals surface area contributed by atoms with E-state index in [1.807, 2.05) is 48.5 Å². The summed E-state index contributed by atoms with van der Waals surface area (Å²) in [6, 6.07) is 15.3. The number of urea groups is 1. The van der Waals surface area contributed by atoms with Gasteiger partial charge >= 0.3 is 18.2 Å². The van der Waals surface area contributed by atoms with Crippen molar-refractivity contribution in [2.24, 2.45) is 0 Å². The van der Waals surface area contributed by atoms with E-state index in [0.29, 0.717) is 6.29 Å². The summed E-state index contributed by atoms with van der Waals surface area (Å²) < 4.78 is 16.5. The number of allylic oxidation sites excluding steroid dienone is 1. The molecule has 13 nitrogen and oxygen atoms in total. The summed E-state index contributed by atoms with van der Waals surface area (Å²) >= 11 is 0. The van der Waals surface area contributed by atoms with Crippen molar-refractivity contribution in [1.29, 1.82) is 0 Å². The fourth-order valence-corrected chi connectivity index (χ4v) is 5.18. The van der Waals surface area contributed by atoms with Crippen LogP contribution in [0.25, 0.3) is 11.1 Å².